The van der Waals surface area contributed by atoms with E-state index in [2.05, 4.69) is 31.9 Å². The average Bonchev–Trinajstić information content (AvgIpc) is 3.98. The number of ether oxygens (including phenoxy) is 11. The number of carbonyl (C=O) groups is 3. The number of amides is 2. The number of hydrogen-bond donors (Lipinski definition) is 0. The van der Waals surface area contributed by atoms with Crippen LogP contribution in [0, 0.1) is 0 Å². The molecule has 4 heterocycles. The number of methoxy groups -OCH3 is 1. The van der Waals surface area contributed by atoms with Gasteiger partial charge in [-0.3, -0.25) is 19.3 Å². The van der Waals surface area contributed by atoms with Gasteiger partial charge in [-0.15, -0.1) is 0 Å². The number of carbonyl (C=O) groups excluding carboxylic acids is 3. The van der Waals surface area contributed by atoms with E-state index in [-0.39, 0.29) is 57.6 Å². The predicted octanol–water partition coefficient (Wildman–Crippen LogP) is 12.1. The molecular weight excluding hydrogens is 1220 g/mol. The Bertz CT molecular complexity index is 3050. The number of rotatable bonds is 18. The zero-order valence-electron chi connectivity index (χ0n) is 41.5. The first-order valence-electron chi connectivity index (χ1n) is 24.6. The predicted molar refractivity (Wildman–Crippen MR) is 294 cm³/mol. The van der Waals surface area contributed by atoms with E-state index in [0.717, 1.165) is 21.6 Å². The molecule has 0 bridgehead atoms. The van der Waals surface area contributed by atoms with E-state index in [9.17, 15) is 14.4 Å². The van der Waals surface area contributed by atoms with E-state index in [4.69, 9.17) is 98.5 Å². The first-order valence-corrected chi connectivity index (χ1v) is 27.7. The quantitative estimate of drug-likeness (QED) is 0.0347. The number of hydrogen-bond acceptors (Lipinski definition) is 14. The van der Waals surface area contributed by atoms with Crippen LogP contribution in [0.2, 0.25) is 20.1 Å². The first kappa shape index (κ1) is 56.6. The average molecular weight is 1270 g/mol. The Hall–Kier alpha value is -4.67. The summed E-state index contributed by atoms with van der Waals surface area (Å²) >= 11 is 33.6. The van der Waals surface area contributed by atoms with Gasteiger partial charge in [0.05, 0.1) is 80.3 Å². The third-order valence-electron chi connectivity index (χ3n) is 13.4. The summed E-state index contributed by atoms with van der Waals surface area (Å²) in [6.45, 7) is 1.02. The molecule has 15 nitrogen and oxygen atoms in total. The molecule has 0 saturated carbocycles. The topological polar surface area (TPSA) is 156 Å². The molecule has 2 amide bonds. The lowest BCUT2D eigenvalue weighted by Crippen LogP contribution is -2.69. The lowest BCUT2D eigenvalue weighted by atomic mass is 9.93. The Balaban J connectivity index is 1.06. The van der Waals surface area contributed by atoms with Crippen LogP contribution in [0.4, 0.5) is 0 Å². The fourth-order valence-electron chi connectivity index (χ4n) is 9.76. The second-order valence-electron chi connectivity index (χ2n) is 18.5. The van der Waals surface area contributed by atoms with Crippen molar-refractivity contribution in [2.45, 2.75) is 94.4 Å². The minimum atomic E-state index is -1.61. The van der Waals surface area contributed by atoms with Crippen LogP contribution in [-0.2, 0) is 67.2 Å². The molecule has 6 aromatic carbocycles. The van der Waals surface area contributed by atoms with E-state index in [0.29, 0.717) is 26.0 Å². The first-order chi connectivity index (χ1) is 37.8. The maximum absolute atomic E-state index is 14.9. The molecule has 11 atom stereocenters. The van der Waals surface area contributed by atoms with Gasteiger partial charge in [-0.05, 0) is 60.7 Å². The molecule has 0 aliphatic carbocycles. The van der Waals surface area contributed by atoms with Gasteiger partial charge in [0.1, 0.15) is 54.2 Å². The molecule has 6 aromatic rings. The molecule has 0 radical (unpaired) electrons. The van der Waals surface area contributed by atoms with E-state index in [1.807, 2.05) is 109 Å². The summed E-state index contributed by atoms with van der Waals surface area (Å²) in [4.78, 5) is 44.0. The van der Waals surface area contributed by atoms with Gasteiger partial charge in [-0.1, -0.05) is 168 Å². The number of imide groups is 1. The minimum Gasteiger partial charge on any atom is -0.496 e. The summed E-state index contributed by atoms with van der Waals surface area (Å²) in [5, 5.41) is -1.12. The van der Waals surface area contributed by atoms with Gasteiger partial charge < -0.3 is 52.1 Å². The molecule has 4 aliphatic heterocycles. The molecular formula is C57H49Br2Cl4NO14. The molecule has 0 N–H and O–H groups in total. The van der Waals surface area contributed by atoms with E-state index in [1.54, 1.807) is 31.4 Å². The van der Waals surface area contributed by atoms with Crippen molar-refractivity contribution >= 4 is 96.0 Å². The summed E-state index contributed by atoms with van der Waals surface area (Å²) in [6, 6.07) is 39.7. The maximum Gasteiger partial charge on any atom is 0.303 e. The Morgan fingerprint density at radius 1 is 0.603 bits per heavy atom. The van der Waals surface area contributed by atoms with Crippen molar-refractivity contribution in [2.24, 2.45) is 0 Å². The van der Waals surface area contributed by atoms with Gasteiger partial charge in [0.2, 0.25) is 6.29 Å². The Labute approximate surface area is 486 Å². The van der Waals surface area contributed by atoms with Gasteiger partial charge >= 0.3 is 5.97 Å². The summed E-state index contributed by atoms with van der Waals surface area (Å²) in [5.74, 6) is -1.77. The number of nitrogens with zero attached hydrogens (tertiary/aromatic N) is 1. The van der Waals surface area contributed by atoms with Crippen molar-refractivity contribution < 1.29 is 66.5 Å². The normalized spacial score (nSPS) is 25.8. The summed E-state index contributed by atoms with van der Waals surface area (Å²) < 4.78 is 73.8. The lowest BCUT2D eigenvalue weighted by molar-refractivity contribution is -0.358. The minimum absolute atomic E-state index is 0.0875. The van der Waals surface area contributed by atoms with Crippen molar-refractivity contribution in [1.29, 1.82) is 0 Å². The summed E-state index contributed by atoms with van der Waals surface area (Å²) in [5.41, 5.74) is 2.57. The molecule has 4 aliphatic rings. The highest BCUT2D eigenvalue weighted by atomic mass is 79.9. The third kappa shape index (κ3) is 12.2. The van der Waals surface area contributed by atoms with Crippen LogP contribution in [0.15, 0.2) is 142 Å². The van der Waals surface area contributed by atoms with Crippen LogP contribution in [0.5, 0.6) is 11.5 Å². The van der Waals surface area contributed by atoms with E-state index >= 15 is 0 Å². The Morgan fingerprint density at radius 2 is 1.10 bits per heavy atom. The Morgan fingerprint density at radius 3 is 1.64 bits per heavy atom. The zero-order chi connectivity index (χ0) is 54.6. The molecule has 78 heavy (non-hydrogen) atoms. The summed E-state index contributed by atoms with van der Waals surface area (Å²) in [7, 11) is 1.55. The number of halogens is 6. The maximum atomic E-state index is 14.9. The van der Waals surface area contributed by atoms with Crippen molar-refractivity contribution in [2.75, 3.05) is 20.3 Å². The van der Waals surface area contributed by atoms with Crippen LogP contribution in [0.3, 0.4) is 0 Å². The van der Waals surface area contributed by atoms with Crippen LogP contribution in [0.25, 0.3) is 0 Å². The van der Waals surface area contributed by atoms with Gasteiger partial charge in [0.15, 0.2) is 18.7 Å². The zero-order valence-corrected chi connectivity index (χ0v) is 47.7. The molecule has 0 aromatic heterocycles. The van der Waals surface area contributed by atoms with Crippen LogP contribution in [-0.4, -0.2) is 104 Å². The standard InChI is InChI=1S/C57H49Br2Cl4NO14/c1-30(65)74-50-47(64-53(66)41-42(54(64)67)44(61)46(63)45(62)43(41)60)56(76-40-29-72-55(78-49(40)50)34-21-13-6-14-22-34)73-28-39-48(69-25-31-15-7-3-8-16-31)51(70-26-32-17-9-4-10-18-32)52(71-27-33-19-11-5-12-20-33)57(77-39)75-38-24-35(58)37(68-2)23-36(38)59/h3-24,39-40,47-52,55-57H,25-29H2,1-2H3/t39-,40-,47-,48+,49-,50-,51+,52-,55?,56-,57-/m1/s1. The highest BCUT2D eigenvalue weighted by Gasteiger charge is 2.60. The second kappa shape index (κ2) is 25.4. The van der Waals surface area contributed by atoms with Gasteiger partial charge in [0, 0.05) is 12.5 Å². The van der Waals surface area contributed by atoms with Crippen molar-refractivity contribution in [3.63, 3.8) is 0 Å². The monoisotopic (exact) mass is 1270 g/mol. The fourth-order valence-corrected chi connectivity index (χ4v) is 11.7. The van der Waals surface area contributed by atoms with E-state index < -0.39 is 92.0 Å². The van der Waals surface area contributed by atoms with Gasteiger partial charge in [-0.2, -0.15) is 0 Å². The second-order valence-corrected chi connectivity index (χ2v) is 21.7. The molecule has 3 saturated heterocycles. The van der Waals surface area contributed by atoms with Crippen LogP contribution >= 0.6 is 78.3 Å². The highest BCUT2D eigenvalue weighted by Crippen LogP contribution is 2.48. The van der Waals surface area contributed by atoms with Crippen molar-refractivity contribution in [1.82, 2.24) is 4.90 Å². The molecule has 3 fully saturated rings. The van der Waals surface area contributed by atoms with E-state index in [1.165, 1.54) is 6.92 Å². The number of esters is 1. The molecule has 0 spiro atoms. The molecule has 21 heteroatoms. The van der Waals surface area contributed by atoms with Gasteiger partial charge in [-0.25, -0.2) is 0 Å². The number of benzene rings is 6. The lowest BCUT2D eigenvalue weighted by Gasteiger charge is -2.51. The van der Waals surface area contributed by atoms with Crippen molar-refractivity contribution in [3.05, 3.63) is 196 Å². The summed E-state index contributed by atoms with van der Waals surface area (Å²) in [6.07, 6.45) is -11.5. The molecule has 408 valence electrons. The molecule has 10 rings (SSSR count). The SMILES string of the molecule is COc1cc(Br)c(O[C@@H]2O[C@H](CO[C@@H]3O[C@@H]4COC(c5ccccc5)O[C@H]4[C@H](OC(C)=O)[C@H]3N3C(=O)c4c(Cl)c(Cl)c(Cl)c(Cl)c4C3=O)[C@H](OCc3ccccc3)[C@H](OCc3ccccc3)[C@H]2OCc2ccccc2)cc1Br. The Kier molecular flexibility index (Phi) is 18.4. The largest absolute Gasteiger partial charge is 0.496 e. The molecule has 1 unspecified atom stereocenters. The number of fused-ring (bicyclic) bond motifs is 2. The fraction of sp³-hybridized carbons (Fsp3) is 0.316. The van der Waals surface area contributed by atoms with Crippen LogP contribution in [0.1, 0.15) is 56.2 Å². The highest BCUT2D eigenvalue weighted by molar-refractivity contribution is 9.11. The smallest absolute Gasteiger partial charge is 0.303 e. The van der Waals surface area contributed by atoms with Crippen molar-refractivity contribution in [3.8, 4) is 11.5 Å². The third-order valence-corrected chi connectivity index (χ3v) is 16.5. The van der Waals surface area contributed by atoms with Gasteiger partial charge in [0.25, 0.3) is 11.8 Å². The van der Waals surface area contributed by atoms with Crippen LogP contribution < -0.4 is 9.47 Å².